The molecule has 0 spiro atoms. The number of aromatic amines is 2. The summed E-state index contributed by atoms with van der Waals surface area (Å²) in [6.45, 7) is 9.50. The number of aromatic nitrogens is 2. The Kier molecular flexibility index (Phi) is 4.06. The van der Waals surface area contributed by atoms with Gasteiger partial charge in [0.25, 0.3) is 5.56 Å². The van der Waals surface area contributed by atoms with Gasteiger partial charge in [0.1, 0.15) is 5.69 Å². The molecule has 5 heteroatoms. The smallest absolute Gasteiger partial charge is 0.325 e. The standard InChI is InChI=1S/C13H19N3O2.C2H6/c1-8-3-9-5-13(2,4-8)7-16(9)10-6-14-12(18)15-11(10)17;1-2/h6,8-9H,3-5,7H2,1-2H3,(H2,14,15,17,18);1-2H3. The summed E-state index contributed by atoms with van der Waals surface area (Å²) in [5.41, 5.74) is 0.204. The van der Waals surface area contributed by atoms with Crippen LogP contribution in [-0.4, -0.2) is 22.6 Å². The zero-order valence-corrected chi connectivity index (χ0v) is 12.8. The van der Waals surface area contributed by atoms with Crippen molar-refractivity contribution >= 4 is 5.69 Å². The minimum absolute atomic E-state index is 0.275. The predicted molar refractivity (Wildman–Crippen MR) is 81.3 cm³/mol. The second-order valence-corrected chi connectivity index (χ2v) is 6.30. The van der Waals surface area contributed by atoms with Gasteiger partial charge in [0, 0.05) is 18.8 Å². The third kappa shape index (κ3) is 2.67. The summed E-state index contributed by atoms with van der Waals surface area (Å²) in [5, 5.41) is 0. The molecule has 2 fully saturated rings. The van der Waals surface area contributed by atoms with Crippen LogP contribution in [0.5, 0.6) is 0 Å². The van der Waals surface area contributed by atoms with Crippen LogP contribution in [-0.2, 0) is 0 Å². The number of H-pyrrole nitrogens is 2. The molecule has 20 heavy (non-hydrogen) atoms. The second kappa shape index (κ2) is 5.46. The van der Waals surface area contributed by atoms with E-state index >= 15 is 0 Å². The highest BCUT2D eigenvalue weighted by Crippen LogP contribution is 2.47. The van der Waals surface area contributed by atoms with Gasteiger partial charge < -0.3 is 9.88 Å². The summed E-state index contributed by atoms with van der Waals surface area (Å²) < 4.78 is 0. The third-order valence-electron chi connectivity index (χ3n) is 4.35. The Balaban J connectivity index is 0.000000704. The fraction of sp³-hybridized carbons (Fsp3) is 0.733. The first-order valence-electron chi connectivity index (χ1n) is 7.55. The molecule has 0 amide bonds. The molecular formula is C15H25N3O2. The van der Waals surface area contributed by atoms with Crippen LogP contribution in [0.1, 0.15) is 47.0 Å². The number of nitrogens with one attached hydrogen (secondary N) is 2. The Morgan fingerprint density at radius 3 is 2.65 bits per heavy atom. The predicted octanol–water partition coefficient (Wildman–Crippen LogP) is 2.10. The molecule has 2 bridgehead atoms. The van der Waals surface area contributed by atoms with E-state index in [1.165, 1.54) is 6.42 Å². The van der Waals surface area contributed by atoms with E-state index in [0.717, 1.165) is 19.4 Å². The Morgan fingerprint density at radius 1 is 1.30 bits per heavy atom. The van der Waals surface area contributed by atoms with Crippen LogP contribution in [0.4, 0.5) is 5.69 Å². The van der Waals surface area contributed by atoms with E-state index in [-0.39, 0.29) is 5.56 Å². The quantitative estimate of drug-likeness (QED) is 0.827. The Labute approximate surface area is 119 Å². The minimum Gasteiger partial charge on any atom is -0.362 e. The second-order valence-electron chi connectivity index (χ2n) is 6.30. The largest absolute Gasteiger partial charge is 0.362 e. The van der Waals surface area contributed by atoms with E-state index in [1.807, 2.05) is 13.8 Å². The number of hydrogen-bond donors (Lipinski definition) is 2. The summed E-state index contributed by atoms with van der Waals surface area (Å²) in [6, 6.07) is 0.436. The summed E-state index contributed by atoms with van der Waals surface area (Å²) in [4.78, 5) is 30.0. The van der Waals surface area contributed by atoms with Crippen LogP contribution < -0.4 is 16.1 Å². The van der Waals surface area contributed by atoms with Gasteiger partial charge in [-0.3, -0.25) is 9.78 Å². The van der Waals surface area contributed by atoms with Gasteiger partial charge in [-0.25, -0.2) is 4.79 Å². The summed E-state index contributed by atoms with van der Waals surface area (Å²) in [7, 11) is 0. The maximum atomic E-state index is 11.9. The van der Waals surface area contributed by atoms with E-state index in [9.17, 15) is 9.59 Å². The molecule has 1 aliphatic heterocycles. The van der Waals surface area contributed by atoms with Crippen molar-refractivity contribution in [2.24, 2.45) is 11.3 Å². The van der Waals surface area contributed by atoms with Crippen LogP contribution in [0, 0.1) is 11.3 Å². The number of hydrogen-bond acceptors (Lipinski definition) is 3. The van der Waals surface area contributed by atoms with Crippen molar-refractivity contribution in [1.29, 1.82) is 0 Å². The molecular weight excluding hydrogens is 254 g/mol. The van der Waals surface area contributed by atoms with Gasteiger partial charge in [-0.2, -0.15) is 0 Å². The van der Waals surface area contributed by atoms with Gasteiger partial charge in [-0.1, -0.05) is 27.7 Å². The van der Waals surface area contributed by atoms with Gasteiger partial charge in [0.2, 0.25) is 0 Å². The van der Waals surface area contributed by atoms with Crippen molar-refractivity contribution in [3.63, 3.8) is 0 Å². The first-order chi connectivity index (χ1) is 9.47. The topological polar surface area (TPSA) is 69.0 Å². The fourth-order valence-electron chi connectivity index (χ4n) is 3.93. The lowest BCUT2D eigenvalue weighted by atomic mass is 9.73. The van der Waals surface area contributed by atoms with Gasteiger partial charge >= 0.3 is 5.69 Å². The lowest BCUT2D eigenvalue weighted by molar-refractivity contribution is 0.218. The zero-order valence-electron chi connectivity index (χ0n) is 12.8. The lowest BCUT2D eigenvalue weighted by Gasteiger charge is -2.31. The fourth-order valence-corrected chi connectivity index (χ4v) is 3.93. The highest BCUT2D eigenvalue weighted by Gasteiger charge is 2.46. The van der Waals surface area contributed by atoms with E-state index in [2.05, 4.69) is 28.7 Å². The van der Waals surface area contributed by atoms with Crippen molar-refractivity contribution in [3.8, 4) is 0 Å². The third-order valence-corrected chi connectivity index (χ3v) is 4.35. The molecule has 1 aromatic heterocycles. The SMILES string of the molecule is CC.CC1CC2CC(C)(C1)CN2c1c[nH]c(=O)[nH]c1=O. The molecule has 1 aromatic rings. The molecule has 1 saturated carbocycles. The molecule has 2 heterocycles. The normalized spacial score (nSPS) is 31.7. The average Bonchev–Trinajstić information content (AvgIpc) is 2.61. The zero-order chi connectivity index (χ0) is 14.9. The number of nitrogens with zero attached hydrogens (tertiary/aromatic N) is 1. The molecule has 0 aromatic carbocycles. The summed E-state index contributed by atoms with van der Waals surface area (Å²) in [6.07, 6.45) is 5.06. The Bertz CT molecular complexity index is 577. The average molecular weight is 279 g/mol. The van der Waals surface area contributed by atoms with Crippen LogP contribution in [0.25, 0.3) is 0 Å². The highest BCUT2D eigenvalue weighted by molar-refractivity contribution is 5.45. The maximum Gasteiger partial charge on any atom is 0.325 e. The minimum atomic E-state index is -0.439. The molecule has 1 saturated heterocycles. The van der Waals surface area contributed by atoms with Gasteiger partial charge in [-0.05, 0) is 30.6 Å². The van der Waals surface area contributed by atoms with Crippen LogP contribution in [0.2, 0.25) is 0 Å². The first-order valence-corrected chi connectivity index (χ1v) is 7.55. The van der Waals surface area contributed by atoms with E-state index < -0.39 is 5.69 Å². The molecule has 112 valence electrons. The Morgan fingerprint density at radius 2 is 2.00 bits per heavy atom. The van der Waals surface area contributed by atoms with Crippen molar-refractivity contribution in [1.82, 2.24) is 9.97 Å². The van der Waals surface area contributed by atoms with Crippen molar-refractivity contribution in [2.45, 2.75) is 53.0 Å². The molecule has 3 atom stereocenters. The summed E-state index contributed by atoms with van der Waals surface area (Å²) >= 11 is 0. The van der Waals surface area contributed by atoms with E-state index in [4.69, 9.17) is 0 Å². The molecule has 2 N–H and O–H groups in total. The number of rotatable bonds is 1. The highest BCUT2D eigenvalue weighted by atomic mass is 16.2. The maximum absolute atomic E-state index is 11.9. The summed E-state index contributed by atoms with van der Waals surface area (Å²) in [5.74, 6) is 0.709. The van der Waals surface area contributed by atoms with Gasteiger partial charge in [0.05, 0.1) is 0 Å². The lowest BCUT2D eigenvalue weighted by Crippen LogP contribution is -2.36. The van der Waals surface area contributed by atoms with E-state index in [0.29, 0.717) is 23.1 Å². The number of anilines is 1. The van der Waals surface area contributed by atoms with Crippen LogP contribution in [0.15, 0.2) is 15.8 Å². The van der Waals surface area contributed by atoms with Gasteiger partial charge in [-0.15, -0.1) is 0 Å². The monoisotopic (exact) mass is 279 g/mol. The van der Waals surface area contributed by atoms with Gasteiger partial charge in [0.15, 0.2) is 0 Å². The Hall–Kier alpha value is -1.52. The molecule has 1 aliphatic carbocycles. The molecule has 0 radical (unpaired) electrons. The number of fused-ring (bicyclic) bond motifs is 2. The van der Waals surface area contributed by atoms with Crippen molar-refractivity contribution < 1.29 is 0 Å². The van der Waals surface area contributed by atoms with E-state index in [1.54, 1.807) is 6.20 Å². The molecule has 2 aliphatic rings. The van der Waals surface area contributed by atoms with Crippen molar-refractivity contribution in [3.05, 3.63) is 27.0 Å². The molecule has 3 unspecified atom stereocenters. The first kappa shape index (κ1) is 14.9. The molecule has 3 rings (SSSR count). The van der Waals surface area contributed by atoms with Crippen molar-refractivity contribution in [2.75, 3.05) is 11.4 Å². The van der Waals surface area contributed by atoms with Crippen LogP contribution >= 0.6 is 0 Å². The molecule has 5 nitrogen and oxygen atoms in total. The van der Waals surface area contributed by atoms with Crippen LogP contribution in [0.3, 0.4) is 0 Å².